The SMILES string of the molecule is O=C1C=CC(=O)N1CCOc1ccc(I)cc1. The topological polar surface area (TPSA) is 46.6 Å². The maximum Gasteiger partial charge on any atom is 0.253 e. The lowest BCUT2D eigenvalue weighted by Crippen LogP contribution is -2.33. The van der Waals surface area contributed by atoms with E-state index in [1.807, 2.05) is 24.3 Å². The molecule has 0 spiro atoms. The standard InChI is InChI=1S/C12H10INO3/c13-9-1-3-10(4-2-9)17-8-7-14-11(15)5-6-12(14)16/h1-6H,7-8H2. The largest absolute Gasteiger partial charge is 0.492 e. The molecule has 0 aromatic heterocycles. The van der Waals surface area contributed by atoms with Gasteiger partial charge in [0.05, 0.1) is 6.54 Å². The van der Waals surface area contributed by atoms with E-state index >= 15 is 0 Å². The van der Waals surface area contributed by atoms with E-state index in [2.05, 4.69) is 22.6 Å². The van der Waals surface area contributed by atoms with Gasteiger partial charge in [0.15, 0.2) is 0 Å². The van der Waals surface area contributed by atoms with Gasteiger partial charge in [0, 0.05) is 15.7 Å². The minimum absolute atomic E-state index is 0.274. The van der Waals surface area contributed by atoms with Crippen molar-refractivity contribution in [3.05, 3.63) is 40.0 Å². The van der Waals surface area contributed by atoms with Gasteiger partial charge < -0.3 is 4.74 Å². The highest BCUT2D eigenvalue weighted by Crippen LogP contribution is 2.13. The van der Waals surface area contributed by atoms with Gasteiger partial charge in [-0.05, 0) is 46.9 Å². The van der Waals surface area contributed by atoms with E-state index in [0.717, 1.165) is 14.2 Å². The van der Waals surface area contributed by atoms with Crippen LogP contribution in [0.15, 0.2) is 36.4 Å². The van der Waals surface area contributed by atoms with Crippen LogP contribution in [0.5, 0.6) is 5.75 Å². The van der Waals surface area contributed by atoms with E-state index < -0.39 is 0 Å². The molecular weight excluding hydrogens is 333 g/mol. The van der Waals surface area contributed by atoms with E-state index in [-0.39, 0.29) is 18.4 Å². The van der Waals surface area contributed by atoms with Crippen molar-refractivity contribution in [3.63, 3.8) is 0 Å². The van der Waals surface area contributed by atoms with Crippen molar-refractivity contribution in [1.29, 1.82) is 0 Å². The normalized spacial score (nSPS) is 14.5. The second-order valence-corrected chi connectivity index (χ2v) is 4.71. The number of hydrogen-bond donors (Lipinski definition) is 0. The predicted molar refractivity (Wildman–Crippen MR) is 70.5 cm³/mol. The second-order valence-electron chi connectivity index (χ2n) is 3.46. The number of nitrogens with zero attached hydrogens (tertiary/aromatic N) is 1. The minimum atomic E-state index is -0.277. The molecule has 0 N–H and O–H groups in total. The van der Waals surface area contributed by atoms with Crippen molar-refractivity contribution in [3.8, 4) is 5.75 Å². The highest BCUT2D eigenvalue weighted by Gasteiger charge is 2.22. The molecule has 88 valence electrons. The smallest absolute Gasteiger partial charge is 0.253 e. The molecule has 1 heterocycles. The molecule has 0 unspecified atom stereocenters. The number of amides is 2. The molecule has 2 rings (SSSR count). The Hall–Kier alpha value is -1.37. The van der Waals surface area contributed by atoms with Gasteiger partial charge in [-0.1, -0.05) is 0 Å². The minimum Gasteiger partial charge on any atom is -0.492 e. The van der Waals surface area contributed by atoms with Crippen LogP contribution < -0.4 is 4.74 Å². The van der Waals surface area contributed by atoms with Crippen LogP contribution in [0.3, 0.4) is 0 Å². The van der Waals surface area contributed by atoms with Crippen LogP contribution in [0.2, 0.25) is 0 Å². The molecule has 1 aromatic rings. The lowest BCUT2D eigenvalue weighted by atomic mass is 10.3. The Labute approximate surface area is 112 Å². The van der Waals surface area contributed by atoms with Gasteiger partial charge in [-0.2, -0.15) is 0 Å². The van der Waals surface area contributed by atoms with Crippen molar-refractivity contribution in [2.24, 2.45) is 0 Å². The van der Waals surface area contributed by atoms with Crippen molar-refractivity contribution < 1.29 is 14.3 Å². The number of ether oxygens (including phenoxy) is 1. The average Bonchev–Trinajstić information content (AvgIpc) is 2.63. The number of benzene rings is 1. The number of imide groups is 1. The van der Waals surface area contributed by atoms with E-state index in [0.29, 0.717) is 6.61 Å². The lowest BCUT2D eigenvalue weighted by molar-refractivity contribution is -0.137. The molecule has 0 bridgehead atoms. The first-order valence-electron chi connectivity index (χ1n) is 5.09. The van der Waals surface area contributed by atoms with Crippen molar-refractivity contribution in [1.82, 2.24) is 4.90 Å². The van der Waals surface area contributed by atoms with Crippen molar-refractivity contribution in [2.75, 3.05) is 13.2 Å². The van der Waals surface area contributed by atoms with Crippen LogP contribution in [-0.2, 0) is 9.59 Å². The average molecular weight is 343 g/mol. The Morgan fingerprint density at radius 1 is 1.06 bits per heavy atom. The Morgan fingerprint density at radius 3 is 2.24 bits per heavy atom. The first kappa shape index (κ1) is 12.1. The molecule has 0 fully saturated rings. The molecule has 4 nitrogen and oxygen atoms in total. The van der Waals surface area contributed by atoms with E-state index in [1.165, 1.54) is 12.2 Å². The molecular formula is C12H10INO3. The van der Waals surface area contributed by atoms with Crippen LogP contribution >= 0.6 is 22.6 Å². The molecule has 5 heteroatoms. The van der Waals surface area contributed by atoms with Gasteiger partial charge in [0.2, 0.25) is 0 Å². The maximum atomic E-state index is 11.2. The summed E-state index contributed by atoms with van der Waals surface area (Å²) < 4.78 is 6.57. The fourth-order valence-corrected chi connectivity index (χ4v) is 1.80. The number of carbonyl (C=O) groups excluding carboxylic acids is 2. The Kier molecular flexibility index (Phi) is 3.78. The molecule has 1 aliphatic heterocycles. The zero-order valence-corrected chi connectivity index (χ0v) is 11.1. The Bertz CT molecular complexity index is 449. The molecule has 17 heavy (non-hydrogen) atoms. The van der Waals surface area contributed by atoms with Gasteiger partial charge in [0.1, 0.15) is 12.4 Å². The van der Waals surface area contributed by atoms with Gasteiger partial charge in [-0.3, -0.25) is 14.5 Å². The number of carbonyl (C=O) groups is 2. The first-order valence-corrected chi connectivity index (χ1v) is 6.16. The van der Waals surface area contributed by atoms with Crippen LogP contribution in [0.1, 0.15) is 0 Å². The predicted octanol–water partition coefficient (Wildman–Crippen LogP) is 1.59. The quantitative estimate of drug-likeness (QED) is 0.616. The molecule has 1 aromatic carbocycles. The molecule has 0 radical (unpaired) electrons. The van der Waals surface area contributed by atoms with E-state index in [4.69, 9.17) is 4.74 Å². The lowest BCUT2D eigenvalue weighted by Gasteiger charge is -2.14. The first-order chi connectivity index (χ1) is 8.16. The summed E-state index contributed by atoms with van der Waals surface area (Å²) in [7, 11) is 0. The number of hydrogen-bond acceptors (Lipinski definition) is 3. The Balaban J connectivity index is 1.82. The van der Waals surface area contributed by atoms with Crippen LogP contribution in [0, 0.1) is 3.57 Å². The highest BCUT2D eigenvalue weighted by atomic mass is 127. The molecule has 2 amide bonds. The second kappa shape index (κ2) is 5.31. The third-order valence-corrected chi connectivity index (χ3v) is 3.02. The summed E-state index contributed by atoms with van der Waals surface area (Å²) in [4.78, 5) is 23.6. The van der Waals surface area contributed by atoms with Gasteiger partial charge in [-0.25, -0.2) is 0 Å². The van der Waals surface area contributed by atoms with Crippen LogP contribution in [0.4, 0.5) is 0 Å². The van der Waals surface area contributed by atoms with Crippen LogP contribution in [-0.4, -0.2) is 29.9 Å². The van der Waals surface area contributed by atoms with Crippen LogP contribution in [0.25, 0.3) is 0 Å². The molecule has 0 saturated carbocycles. The molecule has 0 atom stereocenters. The van der Waals surface area contributed by atoms with E-state index in [1.54, 1.807) is 0 Å². The van der Waals surface area contributed by atoms with Crippen molar-refractivity contribution >= 4 is 34.4 Å². The third kappa shape index (κ3) is 3.06. The number of halogens is 1. The summed E-state index contributed by atoms with van der Waals surface area (Å²) >= 11 is 2.21. The fourth-order valence-electron chi connectivity index (χ4n) is 1.44. The van der Waals surface area contributed by atoms with Gasteiger partial charge in [0.25, 0.3) is 11.8 Å². The van der Waals surface area contributed by atoms with Gasteiger partial charge in [-0.15, -0.1) is 0 Å². The zero-order chi connectivity index (χ0) is 12.3. The highest BCUT2D eigenvalue weighted by molar-refractivity contribution is 14.1. The summed E-state index contributed by atoms with van der Waals surface area (Å²) in [6, 6.07) is 7.58. The fraction of sp³-hybridized carbons (Fsp3) is 0.167. The zero-order valence-electron chi connectivity index (χ0n) is 8.93. The maximum absolute atomic E-state index is 11.2. The summed E-state index contributed by atoms with van der Waals surface area (Å²) in [5.74, 6) is 0.180. The van der Waals surface area contributed by atoms with Gasteiger partial charge >= 0.3 is 0 Å². The molecule has 1 aliphatic rings. The Morgan fingerprint density at radius 2 is 1.65 bits per heavy atom. The van der Waals surface area contributed by atoms with E-state index in [9.17, 15) is 9.59 Å². The third-order valence-electron chi connectivity index (χ3n) is 2.30. The number of rotatable bonds is 4. The summed E-state index contributed by atoms with van der Waals surface area (Å²) in [6.07, 6.45) is 2.54. The summed E-state index contributed by atoms with van der Waals surface area (Å²) in [5, 5.41) is 0. The molecule has 0 saturated heterocycles. The summed E-state index contributed by atoms with van der Waals surface area (Å²) in [5.41, 5.74) is 0. The monoisotopic (exact) mass is 343 g/mol. The van der Waals surface area contributed by atoms with Crippen molar-refractivity contribution in [2.45, 2.75) is 0 Å². The molecule has 0 aliphatic carbocycles. The summed E-state index contributed by atoms with van der Waals surface area (Å²) in [6.45, 7) is 0.580.